The van der Waals surface area contributed by atoms with Gasteiger partial charge in [0.05, 0.1) is 39.7 Å². The third-order valence-electron chi connectivity index (χ3n) is 5.90. The van der Waals surface area contributed by atoms with Crippen molar-refractivity contribution in [1.82, 2.24) is 10.7 Å². The van der Waals surface area contributed by atoms with Crippen molar-refractivity contribution in [2.24, 2.45) is 5.10 Å². The summed E-state index contributed by atoms with van der Waals surface area (Å²) < 4.78 is 21.3. The summed E-state index contributed by atoms with van der Waals surface area (Å²) >= 11 is 0. The smallest absolute Gasteiger partial charge is 0.343 e. The van der Waals surface area contributed by atoms with Crippen molar-refractivity contribution in [2.45, 2.75) is 0 Å². The Morgan fingerprint density at radius 2 is 1.48 bits per heavy atom. The van der Waals surface area contributed by atoms with Gasteiger partial charge in [-0.3, -0.25) is 9.59 Å². The van der Waals surface area contributed by atoms with Crippen molar-refractivity contribution in [3.8, 4) is 23.0 Å². The number of methoxy groups -OCH3 is 3. The number of nitrogens with one attached hydrogen (secondary N) is 2. The van der Waals surface area contributed by atoms with Gasteiger partial charge in [0.15, 0.2) is 11.5 Å². The van der Waals surface area contributed by atoms with Crippen LogP contribution in [0.5, 0.6) is 23.0 Å². The van der Waals surface area contributed by atoms with Crippen LogP contribution >= 0.6 is 0 Å². The Balaban J connectivity index is 1.47. The second-order valence-corrected chi connectivity index (χ2v) is 8.36. The van der Waals surface area contributed by atoms with E-state index >= 15 is 0 Å². The number of esters is 1. The first kappa shape index (κ1) is 27.6. The topological polar surface area (TPSA) is 125 Å². The number of nitrogens with zero attached hydrogens (tertiary/aromatic N) is 1. The summed E-state index contributed by atoms with van der Waals surface area (Å²) in [5.74, 6) is 0.154. The highest BCUT2D eigenvalue weighted by Gasteiger charge is 2.16. The number of ether oxygens (including phenoxy) is 4. The molecule has 40 heavy (non-hydrogen) atoms. The molecule has 0 spiro atoms. The summed E-state index contributed by atoms with van der Waals surface area (Å²) in [6.45, 7) is -0.293. The first-order valence-corrected chi connectivity index (χ1v) is 12.1. The van der Waals surface area contributed by atoms with E-state index in [1.165, 1.54) is 33.6 Å². The van der Waals surface area contributed by atoms with E-state index in [0.717, 1.165) is 10.8 Å². The van der Waals surface area contributed by atoms with Gasteiger partial charge in [-0.15, -0.1) is 0 Å². The van der Waals surface area contributed by atoms with Crippen LogP contribution in [0.25, 0.3) is 10.8 Å². The third-order valence-corrected chi connectivity index (χ3v) is 5.90. The van der Waals surface area contributed by atoms with E-state index in [1.807, 2.05) is 30.3 Å². The summed E-state index contributed by atoms with van der Waals surface area (Å²) in [5, 5.41) is 8.21. The Morgan fingerprint density at radius 1 is 0.775 bits per heavy atom. The lowest BCUT2D eigenvalue weighted by atomic mass is 10.0. The molecule has 4 rings (SSSR count). The maximum atomic E-state index is 13.0. The Bertz CT molecular complexity index is 1570. The molecule has 0 saturated carbocycles. The minimum absolute atomic E-state index is 0.240. The minimum Gasteiger partial charge on any atom is -0.497 e. The molecular weight excluding hydrogens is 514 g/mol. The predicted octanol–water partition coefficient (Wildman–Crippen LogP) is 3.96. The number of carbonyl (C=O) groups excluding carboxylic acids is 3. The fourth-order valence-electron chi connectivity index (χ4n) is 3.83. The first-order chi connectivity index (χ1) is 19.4. The van der Waals surface area contributed by atoms with Gasteiger partial charge in [-0.25, -0.2) is 10.2 Å². The van der Waals surface area contributed by atoms with Gasteiger partial charge in [0.2, 0.25) is 0 Å². The molecule has 0 aliphatic carbocycles. The number of carbonyl (C=O) groups is 3. The van der Waals surface area contributed by atoms with Crippen molar-refractivity contribution in [3.05, 3.63) is 95.6 Å². The Kier molecular flexibility index (Phi) is 8.93. The molecule has 4 aromatic rings. The van der Waals surface area contributed by atoms with Crippen LogP contribution in [0, 0.1) is 0 Å². The number of benzene rings is 4. The van der Waals surface area contributed by atoms with Crippen molar-refractivity contribution in [1.29, 1.82) is 0 Å². The molecule has 0 bridgehead atoms. The molecule has 0 atom stereocenters. The molecule has 0 aliphatic rings. The predicted molar refractivity (Wildman–Crippen MR) is 150 cm³/mol. The van der Waals surface area contributed by atoms with E-state index in [9.17, 15) is 14.4 Å². The zero-order chi connectivity index (χ0) is 28.5. The SMILES string of the molecule is COc1ccc(C(=O)NCC(=O)N/N=C\c2c(OC(=O)c3ccc(OC)c(OC)c3)ccc3ccccc23)cc1. The fourth-order valence-corrected chi connectivity index (χ4v) is 3.83. The molecule has 0 radical (unpaired) electrons. The Morgan fingerprint density at radius 3 is 2.20 bits per heavy atom. The molecule has 10 heteroatoms. The molecule has 0 aliphatic heterocycles. The zero-order valence-electron chi connectivity index (χ0n) is 22.1. The first-order valence-electron chi connectivity index (χ1n) is 12.1. The second kappa shape index (κ2) is 12.9. The van der Waals surface area contributed by atoms with E-state index < -0.39 is 17.8 Å². The molecule has 2 N–H and O–H groups in total. The molecule has 0 fully saturated rings. The Hall–Kier alpha value is -5.38. The van der Waals surface area contributed by atoms with E-state index in [0.29, 0.717) is 28.4 Å². The fraction of sp³-hybridized carbons (Fsp3) is 0.133. The molecular formula is C30H27N3O7. The van der Waals surface area contributed by atoms with Gasteiger partial charge >= 0.3 is 5.97 Å². The van der Waals surface area contributed by atoms with E-state index in [1.54, 1.807) is 42.5 Å². The average Bonchev–Trinajstić information content (AvgIpc) is 3.00. The molecule has 0 unspecified atom stereocenters. The molecule has 0 saturated heterocycles. The van der Waals surface area contributed by atoms with Crippen molar-refractivity contribution in [2.75, 3.05) is 27.9 Å². The highest BCUT2D eigenvalue weighted by molar-refractivity contribution is 6.04. The summed E-state index contributed by atoms with van der Waals surface area (Å²) in [5.41, 5.74) is 3.51. The highest BCUT2D eigenvalue weighted by Crippen LogP contribution is 2.30. The van der Waals surface area contributed by atoms with E-state index in [2.05, 4.69) is 15.8 Å². The summed E-state index contributed by atoms with van der Waals surface area (Å²) in [7, 11) is 4.51. The third kappa shape index (κ3) is 6.54. The van der Waals surface area contributed by atoms with Crippen molar-refractivity contribution < 1.29 is 33.3 Å². The molecule has 0 heterocycles. The maximum Gasteiger partial charge on any atom is 0.343 e. The van der Waals surface area contributed by atoms with Crippen molar-refractivity contribution >= 4 is 34.8 Å². The normalized spacial score (nSPS) is 10.7. The number of rotatable bonds is 10. The zero-order valence-corrected chi connectivity index (χ0v) is 22.1. The van der Waals surface area contributed by atoms with Crippen LogP contribution in [0.3, 0.4) is 0 Å². The van der Waals surface area contributed by atoms with Gasteiger partial charge in [-0.1, -0.05) is 30.3 Å². The summed E-state index contributed by atoms with van der Waals surface area (Å²) in [6.07, 6.45) is 1.39. The molecule has 2 amide bonds. The van der Waals surface area contributed by atoms with Crippen LogP contribution in [0.1, 0.15) is 26.3 Å². The van der Waals surface area contributed by atoms with Crippen LogP contribution in [0.2, 0.25) is 0 Å². The van der Waals surface area contributed by atoms with Crippen LogP contribution in [-0.4, -0.2) is 51.9 Å². The van der Waals surface area contributed by atoms with Gasteiger partial charge < -0.3 is 24.3 Å². The van der Waals surface area contributed by atoms with Gasteiger partial charge in [-0.05, 0) is 59.3 Å². The summed E-state index contributed by atoms with van der Waals surface area (Å²) in [6, 6.07) is 22.1. The van der Waals surface area contributed by atoms with Crippen LogP contribution in [0.15, 0.2) is 84.0 Å². The van der Waals surface area contributed by atoms with Crippen molar-refractivity contribution in [3.63, 3.8) is 0 Å². The monoisotopic (exact) mass is 541 g/mol. The minimum atomic E-state index is -0.615. The molecule has 4 aromatic carbocycles. The van der Waals surface area contributed by atoms with Gasteiger partial charge in [0.1, 0.15) is 11.5 Å². The maximum absolute atomic E-state index is 13.0. The van der Waals surface area contributed by atoms with Crippen LogP contribution in [-0.2, 0) is 4.79 Å². The average molecular weight is 542 g/mol. The van der Waals surface area contributed by atoms with Gasteiger partial charge in [-0.2, -0.15) is 5.10 Å². The lowest BCUT2D eigenvalue weighted by Crippen LogP contribution is -2.34. The second-order valence-electron chi connectivity index (χ2n) is 8.36. The molecule has 10 nitrogen and oxygen atoms in total. The molecule has 204 valence electrons. The van der Waals surface area contributed by atoms with Crippen LogP contribution < -0.4 is 29.7 Å². The van der Waals surface area contributed by atoms with E-state index in [4.69, 9.17) is 18.9 Å². The number of fused-ring (bicyclic) bond motifs is 1. The lowest BCUT2D eigenvalue weighted by Gasteiger charge is -2.12. The number of hydrazone groups is 1. The van der Waals surface area contributed by atoms with Gasteiger partial charge in [0, 0.05) is 11.1 Å². The highest BCUT2D eigenvalue weighted by atomic mass is 16.5. The van der Waals surface area contributed by atoms with E-state index in [-0.39, 0.29) is 17.9 Å². The number of amides is 2. The largest absolute Gasteiger partial charge is 0.497 e. The van der Waals surface area contributed by atoms with Gasteiger partial charge in [0.25, 0.3) is 11.8 Å². The summed E-state index contributed by atoms with van der Waals surface area (Å²) in [4.78, 5) is 37.6. The number of hydrogen-bond acceptors (Lipinski definition) is 8. The quantitative estimate of drug-likeness (QED) is 0.135. The number of hydrogen-bond donors (Lipinski definition) is 2. The Labute approximate surface area is 230 Å². The standard InChI is InChI=1S/C30H27N3O7/c1-37-22-12-8-20(9-13-22)29(35)31-18-28(34)33-32-17-24-23-7-5-4-6-19(23)10-14-25(24)40-30(36)21-11-15-26(38-2)27(16-21)39-3/h4-17H,18H2,1-3H3,(H,31,35)(H,33,34)/b32-17-. The molecule has 0 aromatic heterocycles. The van der Waals surface area contributed by atoms with Crippen LogP contribution in [0.4, 0.5) is 0 Å². The lowest BCUT2D eigenvalue weighted by molar-refractivity contribution is -0.120.